The second-order valence-corrected chi connectivity index (χ2v) is 3.91. The molecular formula is C13H14N4O3. The molecule has 0 saturated carbocycles. The fourth-order valence-electron chi connectivity index (χ4n) is 1.42. The summed E-state index contributed by atoms with van der Waals surface area (Å²) in [4.78, 5) is 23.0. The van der Waals surface area contributed by atoms with E-state index in [9.17, 15) is 9.59 Å². The lowest BCUT2D eigenvalue weighted by Crippen LogP contribution is -2.35. The lowest BCUT2D eigenvalue weighted by molar-refractivity contribution is -0.125. The van der Waals surface area contributed by atoms with Crippen LogP contribution in [0.25, 0.3) is 0 Å². The van der Waals surface area contributed by atoms with Gasteiger partial charge in [0.25, 0.3) is 5.91 Å². The van der Waals surface area contributed by atoms with Crippen molar-refractivity contribution in [1.82, 2.24) is 15.5 Å². The first-order chi connectivity index (χ1) is 9.74. The van der Waals surface area contributed by atoms with Gasteiger partial charge >= 0.3 is 0 Å². The third-order valence-corrected chi connectivity index (χ3v) is 2.34. The van der Waals surface area contributed by atoms with Gasteiger partial charge in [-0.2, -0.15) is 5.10 Å². The number of aromatic amines is 1. The molecule has 3 N–H and O–H groups in total. The summed E-state index contributed by atoms with van der Waals surface area (Å²) < 4.78 is 5.25. The van der Waals surface area contributed by atoms with Gasteiger partial charge < -0.3 is 15.4 Å². The minimum atomic E-state index is -0.365. The van der Waals surface area contributed by atoms with E-state index in [1.807, 2.05) is 18.2 Å². The van der Waals surface area contributed by atoms with Crippen molar-refractivity contribution in [3.05, 3.63) is 42.7 Å². The molecule has 0 fully saturated rings. The summed E-state index contributed by atoms with van der Waals surface area (Å²) in [5.74, 6) is -0.0962. The number of para-hydroxylation sites is 1. The number of hydrogen-bond donors (Lipinski definition) is 3. The van der Waals surface area contributed by atoms with E-state index in [1.54, 1.807) is 12.1 Å². The molecule has 2 aromatic rings. The van der Waals surface area contributed by atoms with Crippen LogP contribution in [0.1, 0.15) is 0 Å². The molecule has 7 heteroatoms. The highest BCUT2D eigenvalue weighted by Gasteiger charge is 2.07. The van der Waals surface area contributed by atoms with Gasteiger partial charge in [-0.15, -0.1) is 0 Å². The highest BCUT2D eigenvalue weighted by Crippen LogP contribution is 2.07. The first-order valence-electron chi connectivity index (χ1n) is 5.97. The Bertz CT molecular complexity index is 554. The van der Waals surface area contributed by atoms with Crippen molar-refractivity contribution in [2.24, 2.45) is 0 Å². The van der Waals surface area contributed by atoms with Crippen molar-refractivity contribution in [2.45, 2.75) is 0 Å². The fraction of sp³-hybridized carbons (Fsp3) is 0.154. The summed E-state index contributed by atoms with van der Waals surface area (Å²) >= 11 is 0. The summed E-state index contributed by atoms with van der Waals surface area (Å²) in [7, 11) is 0. The zero-order valence-corrected chi connectivity index (χ0v) is 10.6. The quantitative estimate of drug-likeness (QED) is 0.716. The van der Waals surface area contributed by atoms with E-state index in [2.05, 4.69) is 20.8 Å². The average molecular weight is 274 g/mol. The second-order valence-electron chi connectivity index (χ2n) is 3.91. The third-order valence-electron chi connectivity index (χ3n) is 2.34. The summed E-state index contributed by atoms with van der Waals surface area (Å²) in [6.45, 7) is -0.259. The third kappa shape index (κ3) is 4.45. The van der Waals surface area contributed by atoms with Gasteiger partial charge in [0.15, 0.2) is 6.61 Å². The van der Waals surface area contributed by atoms with Gasteiger partial charge in [0.2, 0.25) is 5.91 Å². The smallest absolute Gasteiger partial charge is 0.258 e. The van der Waals surface area contributed by atoms with Crippen LogP contribution in [0.5, 0.6) is 5.75 Å². The molecule has 0 aliphatic heterocycles. The SMILES string of the molecule is O=C(COc1ccccc1)NCC(=O)Nc1cn[nH]c1. The van der Waals surface area contributed by atoms with Crippen molar-refractivity contribution in [3.8, 4) is 5.75 Å². The van der Waals surface area contributed by atoms with Crippen molar-refractivity contribution in [3.63, 3.8) is 0 Å². The van der Waals surface area contributed by atoms with Gasteiger partial charge in [-0.1, -0.05) is 18.2 Å². The molecular weight excluding hydrogens is 260 g/mol. The second kappa shape index (κ2) is 6.93. The summed E-state index contributed by atoms with van der Waals surface area (Å²) in [5, 5.41) is 11.3. The minimum Gasteiger partial charge on any atom is -0.484 e. The van der Waals surface area contributed by atoms with Crippen LogP contribution in [0.15, 0.2) is 42.7 Å². The lowest BCUT2D eigenvalue weighted by Gasteiger charge is -2.07. The number of nitrogens with one attached hydrogen (secondary N) is 3. The Labute approximate surface area is 115 Å². The Hall–Kier alpha value is -2.83. The van der Waals surface area contributed by atoms with Crippen LogP contribution < -0.4 is 15.4 Å². The van der Waals surface area contributed by atoms with E-state index in [1.165, 1.54) is 12.4 Å². The minimum absolute atomic E-state index is 0.123. The Balaban J connectivity index is 1.66. The predicted octanol–water partition coefficient (Wildman–Crippen LogP) is 0.543. The molecule has 7 nitrogen and oxygen atoms in total. The maximum Gasteiger partial charge on any atom is 0.258 e. The van der Waals surface area contributed by atoms with Crippen molar-refractivity contribution in [1.29, 1.82) is 0 Å². The zero-order chi connectivity index (χ0) is 14.2. The summed E-state index contributed by atoms with van der Waals surface area (Å²) in [6, 6.07) is 8.97. The molecule has 104 valence electrons. The van der Waals surface area contributed by atoms with E-state index in [0.717, 1.165) is 0 Å². The van der Waals surface area contributed by atoms with Crippen LogP contribution in [0.2, 0.25) is 0 Å². The Morgan fingerprint density at radius 2 is 2.00 bits per heavy atom. The van der Waals surface area contributed by atoms with E-state index in [-0.39, 0.29) is 25.0 Å². The molecule has 0 aliphatic rings. The Morgan fingerprint density at radius 3 is 2.70 bits per heavy atom. The lowest BCUT2D eigenvalue weighted by atomic mass is 10.3. The Morgan fingerprint density at radius 1 is 1.20 bits per heavy atom. The molecule has 1 heterocycles. The molecule has 0 aliphatic carbocycles. The van der Waals surface area contributed by atoms with E-state index in [0.29, 0.717) is 11.4 Å². The molecule has 1 aromatic heterocycles. The van der Waals surface area contributed by atoms with E-state index in [4.69, 9.17) is 4.74 Å². The van der Waals surface area contributed by atoms with Gasteiger partial charge in [-0.05, 0) is 12.1 Å². The van der Waals surface area contributed by atoms with Crippen LogP contribution in [-0.4, -0.2) is 35.2 Å². The predicted molar refractivity (Wildman–Crippen MR) is 72.2 cm³/mol. The zero-order valence-electron chi connectivity index (χ0n) is 10.6. The molecule has 2 rings (SSSR count). The number of benzene rings is 1. The van der Waals surface area contributed by atoms with Crippen molar-refractivity contribution < 1.29 is 14.3 Å². The molecule has 0 radical (unpaired) electrons. The summed E-state index contributed by atoms with van der Waals surface area (Å²) in [6.07, 6.45) is 3.01. The maximum atomic E-state index is 11.5. The number of hydrogen-bond acceptors (Lipinski definition) is 4. The van der Waals surface area contributed by atoms with Gasteiger partial charge in [0.05, 0.1) is 18.4 Å². The molecule has 20 heavy (non-hydrogen) atoms. The van der Waals surface area contributed by atoms with Crippen molar-refractivity contribution >= 4 is 17.5 Å². The molecule has 2 amide bonds. The number of carbonyl (C=O) groups excluding carboxylic acids is 2. The normalized spacial score (nSPS) is 9.80. The number of aromatic nitrogens is 2. The number of nitrogens with zero attached hydrogens (tertiary/aromatic N) is 1. The monoisotopic (exact) mass is 274 g/mol. The van der Waals surface area contributed by atoms with Crippen LogP contribution in [0, 0.1) is 0 Å². The molecule has 0 spiro atoms. The number of H-pyrrole nitrogens is 1. The van der Waals surface area contributed by atoms with Crippen LogP contribution in [-0.2, 0) is 9.59 Å². The van der Waals surface area contributed by atoms with Crippen molar-refractivity contribution in [2.75, 3.05) is 18.5 Å². The topological polar surface area (TPSA) is 96.1 Å². The van der Waals surface area contributed by atoms with Crippen LogP contribution >= 0.6 is 0 Å². The Kier molecular flexibility index (Phi) is 4.71. The van der Waals surface area contributed by atoms with Gasteiger partial charge in [-0.25, -0.2) is 0 Å². The fourth-order valence-corrected chi connectivity index (χ4v) is 1.42. The summed E-state index contributed by atoms with van der Waals surface area (Å²) in [5.41, 5.74) is 0.546. The van der Waals surface area contributed by atoms with Gasteiger partial charge in [-0.3, -0.25) is 14.7 Å². The highest BCUT2D eigenvalue weighted by atomic mass is 16.5. The number of ether oxygens (including phenoxy) is 1. The van der Waals surface area contributed by atoms with E-state index < -0.39 is 0 Å². The van der Waals surface area contributed by atoms with Crippen LogP contribution in [0.3, 0.4) is 0 Å². The molecule has 0 unspecified atom stereocenters. The average Bonchev–Trinajstić information content (AvgIpc) is 2.97. The van der Waals surface area contributed by atoms with E-state index >= 15 is 0 Å². The standard InChI is InChI=1S/C13H14N4O3/c18-12(17-10-6-15-16-7-10)8-14-13(19)9-20-11-4-2-1-3-5-11/h1-7H,8-9H2,(H,14,19)(H,15,16)(H,17,18). The van der Waals surface area contributed by atoms with Crippen LogP contribution in [0.4, 0.5) is 5.69 Å². The molecule has 0 bridgehead atoms. The molecule has 0 saturated heterocycles. The highest BCUT2D eigenvalue weighted by molar-refractivity contribution is 5.94. The molecule has 0 atom stereocenters. The number of amides is 2. The maximum absolute atomic E-state index is 11.5. The van der Waals surface area contributed by atoms with Gasteiger partial charge in [0.1, 0.15) is 5.75 Å². The number of rotatable bonds is 6. The van der Waals surface area contributed by atoms with Gasteiger partial charge in [0, 0.05) is 6.20 Å². The number of anilines is 1. The number of carbonyl (C=O) groups is 2. The largest absolute Gasteiger partial charge is 0.484 e. The molecule has 1 aromatic carbocycles. The first-order valence-corrected chi connectivity index (χ1v) is 5.97. The first kappa shape index (κ1) is 13.6.